The van der Waals surface area contributed by atoms with Gasteiger partial charge in [0.2, 0.25) is 5.91 Å². The van der Waals surface area contributed by atoms with Crippen molar-refractivity contribution < 1.29 is 14.3 Å². The molecule has 1 aliphatic heterocycles. The highest BCUT2D eigenvalue weighted by Crippen LogP contribution is 2.33. The third-order valence-electron chi connectivity index (χ3n) is 5.27. The smallest absolute Gasteiger partial charge is 0.318 e. The molecular formula is C19H27N3O3. The van der Waals surface area contributed by atoms with Gasteiger partial charge in [-0.05, 0) is 55.9 Å². The summed E-state index contributed by atoms with van der Waals surface area (Å²) in [6.07, 6.45) is 4.02. The van der Waals surface area contributed by atoms with Crippen molar-refractivity contribution in [3.05, 3.63) is 29.3 Å². The monoisotopic (exact) mass is 345 g/mol. The van der Waals surface area contributed by atoms with Crippen LogP contribution in [0, 0.1) is 0 Å². The highest BCUT2D eigenvalue weighted by atomic mass is 16.5. The lowest BCUT2D eigenvalue weighted by molar-refractivity contribution is -0.124. The van der Waals surface area contributed by atoms with Crippen molar-refractivity contribution in [3.63, 3.8) is 0 Å². The number of ether oxygens (including phenoxy) is 1. The van der Waals surface area contributed by atoms with E-state index in [0.717, 1.165) is 31.4 Å². The van der Waals surface area contributed by atoms with Crippen LogP contribution in [0.25, 0.3) is 0 Å². The zero-order chi connectivity index (χ0) is 17.8. The van der Waals surface area contributed by atoms with Crippen LogP contribution in [0.5, 0.6) is 5.75 Å². The summed E-state index contributed by atoms with van der Waals surface area (Å²) in [6, 6.07) is 5.63. The Morgan fingerprint density at radius 3 is 3.04 bits per heavy atom. The van der Waals surface area contributed by atoms with Gasteiger partial charge in [0.25, 0.3) is 0 Å². The van der Waals surface area contributed by atoms with Gasteiger partial charge in [0.05, 0.1) is 7.11 Å². The van der Waals surface area contributed by atoms with Crippen LogP contribution in [-0.2, 0) is 11.2 Å². The molecule has 0 radical (unpaired) electrons. The highest BCUT2D eigenvalue weighted by molar-refractivity contribution is 5.87. The van der Waals surface area contributed by atoms with E-state index in [2.05, 4.69) is 22.8 Å². The Balaban J connectivity index is 1.64. The second-order valence-electron chi connectivity index (χ2n) is 6.85. The molecule has 6 nitrogen and oxygen atoms in total. The Bertz CT molecular complexity index is 647. The number of urea groups is 1. The van der Waals surface area contributed by atoms with E-state index in [-0.39, 0.29) is 11.9 Å². The summed E-state index contributed by atoms with van der Waals surface area (Å²) in [5, 5.41) is 5.88. The summed E-state index contributed by atoms with van der Waals surface area (Å²) in [5.74, 6) is 1.12. The van der Waals surface area contributed by atoms with Gasteiger partial charge in [-0.15, -0.1) is 0 Å². The summed E-state index contributed by atoms with van der Waals surface area (Å²) < 4.78 is 5.31. The van der Waals surface area contributed by atoms with E-state index in [0.29, 0.717) is 25.6 Å². The molecule has 0 bridgehead atoms. The van der Waals surface area contributed by atoms with Crippen molar-refractivity contribution in [1.29, 1.82) is 0 Å². The molecule has 6 heteroatoms. The summed E-state index contributed by atoms with van der Waals surface area (Å²) in [7, 11) is 1.68. The van der Waals surface area contributed by atoms with Crippen LogP contribution in [0.1, 0.15) is 43.2 Å². The molecule has 1 saturated heterocycles. The Kier molecular flexibility index (Phi) is 5.46. The van der Waals surface area contributed by atoms with Gasteiger partial charge in [-0.3, -0.25) is 4.79 Å². The number of methoxy groups -OCH3 is 1. The number of benzene rings is 1. The minimum atomic E-state index is -0.426. The lowest BCUT2D eigenvalue weighted by Gasteiger charge is -2.29. The first-order valence-electron chi connectivity index (χ1n) is 9.09. The van der Waals surface area contributed by atoms with Crippen molar-refractivity contribution in [2.75, 3.05) is 26.7 Å². The molecule has 136 valence electrons. The Morgan fingerprint density at radius 1 is 1.40 bits per heavy atom. The number of hydrogen-bond acceptors (Lipinski definition) is 3. The van der Waals surface area contributed by atoms with E-state index in [1.54, 1.807) is 18.9 Å². The van der Waals surface area contributed by atoms with Gasteiger partial charge in [-0.1, -0.05) is 6.07 Å². The van der Waals surface area contributed by atoms with Crippen LogP contribution >= 0.6 is 0 Å². The molecule has 2 aliphatic rings. The number of rotatable bonds is 3. The number of aryl methyl sites for hydroxylation is 1. The fourth-order valence-electron chi connectivity index (χ4n) is 3.76. The maximum Gasteiger partial charge on any atom is 0.318 e. The average molecular weight is 345 g/mol. The molecule has 0 aromatic heterocycles. The maximum absolute atomic E-state index is 12.6. The molecule has 0 spiro atoms. The topological polar surface area (TPSA) is 70.7 Å². The van der Waals surface area contributed by atoms with E-state index >= 15 is 0 Å². The molecule has 1 heterocycles. The fraction of sp³-hybridized carbons (Fsp3) is 0.579. The van der Waals surface area contributed by atoms with Gasteiger partial charge in [0.1, 0.15) is 11.8 Å². The average Bonchev–Trinajstić information content (AvgIpc) is 2.80. The fourth-order valence-corrected chi connectivity index (χ4v) is 3.76. The first-order valence-corrected chi connectivity index (χ1v) is 9.09. The van der Waals surface area contributed by atoms with Gasteiger partial charge >= 0.3 is 6.03 Å². The number of amides is 3. The molecule has 0 unspecified atom stereocenters. The van der Waals surface area contributed by atoms with Gasteiger partial charge in [-0.2, -0.15) is 0 Å². The molecule has 3 rings (SSSR count). The van der Waals surface area contributed by atoms with Crippen LogP contribution in [0.2, 0.25) is 0 Å². The molecule has 1 aromatic rings. The number of carbonyl (C=O) groups is 2. The Hall–Kier alpha value is -2.24. The number of hydrogen-bond donors (Lipinski definition) is 2. The van der Waals surface area contributed by atoms with Crippen LogP contribution < -0.4 is 15.4 Å². The predicted octanol–water partition coefficient (Wildman–Crippen LogP) is 2.04. The maximum atomic E-state index is 12.6. The van der Waals surface area contributed by atoms with Crippen molar-refractivity contribution in [3.8, 4) is 5.75 Å². The number of nitrogens with one attached hydrogen (secondary N) is 2. The molecule has 1 fully saturated rings. The number of nitrogens with zero attached hydrogens (tertiary/aromatic N) is 1. The third-order valence-corrected chi connectivity index (χ3v) is 5.27. The van der Waals surface area contributed by atoms with Gasteiger partial charge in [0.15, 0.2) is 0 Å². The molecule has 3 amide bonds. The summed E-state index contributed by atoms with van der Waals surface area (Å²) in [5.41, 5.74) is 2.61. The second-order valence-corrected chi connectivity index (χ2v) is 6.85. The van der Waals surface area contributed by atoms with Crippen molar-refractivity contribution in [1.82, 2.24) is 15.5 Å². The minimum absolute atomic E-state index is 0.0808. The summed E-state index contributed by atoms with van der Waals surface area (Å²) >= 11 is 0. The zero-order valence-corrected chi connectivity index (χ0v) is 15.0. The summed E-state index contributed by atoms with van der Waals surface area (Å²) in [4.78, 5) is 26.1. The molecule has 1 aliphatic carbocycles. The Labute approximate surface area is 148 Å². The quantitative estimate of drug-likeness (QED) is 0.881. The van der Waals surface area contributed by atoms with E-state index in [1.165, 1.54) is 11.1 Å². The van der Waals surface area contributed by atoms with E-state index in [9.17, 15) is 9.59 Å². The van der Waals surface area contributed by atoms with Gasteiger partial charge in [-0.25, -0.2) is 4.79 Å². The van der Waals surface area contributed by atoms with E-state index < -0.39 is 6.04 Å². The standard InChI is InChI=1S/C19H27N3O3/c1-13-18(23)20-9-4-10-22(13)19(24)21-12-15-6-3-5-14-11-16(25-2)7-8-17(14)15/h7-8,11,13,15H,3-6,9-10,12H2,1-2H3,(H,20,23)(H,21,24)/t13-,15+/m0/s1. The number of fused-ring (bicyclic) bond motifs is 1. The minimum Gasteiger partial charge on any atom is -0.497 e. The van der Waals surface area contributed by atoms with Gasteiger partial charge in [0, 0.05) is 25.6 Å². The van der Waals surface area contributed by atoms with Crippen LogP contribution in [0.3, 0.4) is 0 Å². The van der Waals surface area contributed by atoms with Crippen molar-refractivity contribution in [2.24, 2.45) is 0 Å². The van der Waals surface area contributed by atoms with Crippen LogP contribution in [0.4, 0.5) is 4.79 Å². The molecule has 1 aromatic carbocycles. The van der Waals surface area contributed by atoms with Crippen molar-refractivity contribution in [2.45, 2.75) is 44.6 Å². The van der Waals surface area contributed by atoms with E-state index in [1.807, 2.05) is 6.07 Å². The normalized spacial score (nSPS) is 23.3. The number of carbonyl (C=O) groups excluding carboxylic acids is 2. The first-order chi connectivity index (χ1) is 12.1. The van der Waals surface area contributed by atoms with E-state index in [4.69, 9.17) is 4.74 Å². The molecule has 0 saturated carbocycles. The first kappa shape index (κ1) is 17.6. The molecule has 25 heavy (non-hydrogen) atoms. The highest BCUT2D eigenvalue weighted by Gasteiger charge is 2.28. The lowest BCUT2D eigenvalue weighted by atomic mass is 9.82. The van der Waals surface area contributed by atoms with Crippen LogP contribution in [0.15, 0.2) is 18.2 Å². The second kappa shape index (κ2) is 7.76. The largest absolute Gasteiger partial charge is 0.497 e. The lowest BCUT2D eigenvalue weighted by Crippen LogP contribution is -2.50. The van der Waals surface area contributed by atoms with Crippen LogP contribution in [-0.4, -0.2) is 49.6 Å². The molecule has 2 atom stereocenters. The molecule has 2 N–H and O–H groups in total. The van der Waals surface area contributed by atoms with Gasteiger partial charge < -0.3 is 20.3 Å². The zero-order valence-electron chi connectivity index (χ0n) is 15.0. The summed E-state index contributed by atoms with van der Waals surface area (Å²) in [6.45, 7) is 3.61. The molecular weight excluding hydrogens is 318 g/mol. The SMILES string of the molecule is COc1ccc2c(c1)CCC[C@@H]2CNC(=O)N1CCCNC(=O)[C@@H]1C. The van der Waals surface area contributed by atoms with Crippen molar-refractivity contribution >= 4 is 11.9 Å². The third kappa shape index (κ3) is 3.89. The predicted molar refractivity (Wildman–Crippen MR) is 95.9 cm³/mol. The Morgan fingerprint density at radius 2 is 2.24 bits per heavy atom.